The van der Waals surface area contributed by atoms with Gasteiger partial charge in [-0.25, -0.2) is 4.79 Å². The molecule has 3 unspecified atom stereocenters. The number of nitrogens with zero attached hydrogens (tertiary/aromatic N) is 1. The molecule has 0 saturated carbocycles. The van der Waals surface area contributed by atoms with Crippen LogP contribution in [0.3, 0.4) is 0 Å². The van der Waals surface area contributed by atoms with Crippen LogP contribution in [-0.2, 0) is 25.6 Å². The molecule has 3 amide bonds. The van der Waals surface area contributed by atoms with Crippen LogP contribution in [0.2, 0.25) is 0 Å². The van der Waals surface area contributed by atoms with E-state index in [9.17, 15) is 19.2 Å². The largest absolute Gasteiger partial charge is 0.480 e. The summed E-state index contributed by atoms with van der Waals surface area (Å²) in [6.45, 7) is -1.15. The van der Waals surface area contributed by atoms with Crippen LogP contribution in [-0.4, -0.2) is 77.7 Å². The number of rotatable bonds is 14. The van der Waals surface area contributed by atoms with Crippen molar-refractivity contribution < 1.29 is 29.4 Å². The Morgan fingerprint density at radius 2 is 1.67 bits per heavy atom. The van der Waals surface area contributed by atoms with Crippen LogP contribution in [0.1, 0.15) is 18.4 Å². The summed E-state index contributed by atoms with van der Waals surface area (Å²) in [4.78, 5) is 51.7. The van der Waals surface area contributed by atoms with E-state index in [-0.39, 0.29) is 25.3 Å². The Morgan fingerprint density at radius 3 is 2.24 bits per heavy atom. The first kappa shape index (κ1) is 27.3. The molecule has 182 valence electrons. The number of guanidine groups is 1. The van der Waals surface area contributed by atoms with Crippen molar-refractivity contribution in [1.29, 1.82) is 0 Å². The fourth-order valence-corrected chi connectivity index (χ4v) is 2.73. The van der Waals surface area contributed by atoms with Gasteiger partial charge in [0.25, 0.3) is 0 Å². The molecule has 0 heterocycles. The fraction of sp³-hybridized carbons (Fsp3) is 0.450. The normalized spacial score (nSPS) is 13.2. The van der Waals surface area contributed by atoms with Crippen LogP contribution in [0.5, 0.6) is 0 Å². The summed E-state index contributed by atoms with van der Waals surface area (Å²) in [5, 5.41) is 24.8. The van der Waals surface area contributed by atoms with Crippen molar-refractivity contribution in [2.45, 2.75) is 37.4 Å². The van der Waals surface area contributed by atoms with Gasteiger partial charge in [-0.1, -0.05) is 30.3 Å². The summed E-state index contributed by atoms with van der Waals surface area (Å²) >= 11 is 0. The van der Waals surface area contributed by atoms with Crippen molar-refractivity contribution in [3.05, 3.63) is 35.9 Å². The van der Waals surface area contributed by atoms with Crippen molar-refractivity contribution >= 4 is 29.7 Å². The van der Waals surface area contributed by atoms with Gasteiger partial charge in [0, 0.05) is 6.54 Å². The maximum absolute atomic E-state index is 12.6. The Labute approximate surface area is 190 Å². The predicted molar refractivity (Wildman–Crippen MR) is 120 cm³/mol. The first-order chi connectivity index (χ1) is 15.6. The topological polar surface area (TPSA) is 235 Å². The third kappa shape index (κ3) is 10.9. The molecule has 0 bridgehead atoms. The van der Waals surface area contributed by atoms with Crippen molar-refractivity contribution in [1.82, 2.24) is 16.0 Å². The number of carboxylic acids is 1. The van der Waals surface area contributed by atoms with E-state index in [1.54, 1.807) is 0 Å². The summed E-state index contributed by atoms with van der Waals surface area (Å²) in [5.74, 6) is -3.59. The number of aliphatic imine (C=N–C) groups is 1. The summed E-state index contributed by atoms with van der Waals surface area (Å²) in [5.41, 5.74) is 17.4. The minimum absolute atomic E-state index is 0.113. The molecule has 0 radical (unpaired) electrons. The molecule has 0 aliphatic heterocycles. The van der Waals surface area contributed by atoms with Crippen LogP contribution < -0.4 is 33.2 Å². The number of hydrogen-bond donors (Lipinski definition) is 8. The number of carbonyl (C=O) groups excluding carboxylic acids is 3. The molecule has 3 atom stereocenters. The van der Waals surface area contributed by atoms with E-state index < -0.39 is 55.0 Å². The van der Waals surface area contributed by atoms with Crippen LogP contribution >= 0.6 is 0 Å². The molecule has 0 fully saturated rings. The lowest BCUT2D eigenvalue weighted by atomic mass is 10.0. The highest BCUT2D eigenvalue weighted by molar-refractivity contribution is 5.92. The molecule has 13 heteroatoms. The Kier molecular flexibility index (Phi) is 11.9. The smallest absolute Gasteiger partial charge is 0.328 e. The molecule has 33 heavy (non-hydrogen) atoms. The summed E-state index contributed by atoms with van der Waals surface area (Å²) in [6, 6.07) is 5.66. The molecule has 13 nitrogen and oxygen atoms in total. The van der Waals surface area contributed by atoms with Crippen LogP contribution in [0.4, 0.5) is 0 Å². The average molecular weight is 466 g/mol. The molecule has 0 aliphatic carbocycles. The first-order valence-electron chi connectivity index (χ1n) is 10.2. The molecule has 0 aromatic heterocycles. The highest BCUT2D eigenvalue weighted by atomic mass is 16.4. The summed E-state index contributed by atoms with van der Waals surface area (Å²) in [7, 11) is 0. The zero-order chi connectivity index (χ0) is 24.8. The van der Waals surface area contributed by atoms with Gasteiger partial charge in [-0.05, 0) is 24.8 Å². The number of hydrogen-bond acceptors (Lipinski definition) is 7. The third-order valence-electron chi connectivity index (χ3n) is 4.45. The molecule has 1 aromatic rings. The van der Waals surface area contributed by atoms with E-state index in [1.807, 2.05) is 30.3 Å². The molecule has 1 aromatic carbocycles. The number of nitrogens with one attached hydrogen (secondary N) is 3. The van der Waals surface area contributed by atoms with Gasteiger partial charge in [-0.2, -0.15) is 0 Å². The molecule has 1 rings (SSSR count). The third-order valence-corrected chi connectivity index (χ3v) is 4.45. The number of aliphatic hydroxyl groups is 1. The van der Waals surface area contributed by atoms with Gasteiger partial charge >= 0.3 is 5.97 Å². The van der Waals surface area contributed by atoms with Gasteiger partial charge < -0.3 is 43.4 Å². The van der Waals surface area contributed by atoms with E-state index in [1.165, 1.54) is 0 Å². The number of amides is 3. The van der Waals surface area contributed by atoms with E-state index in [2.05, 4.69) is 20.9 Å². The number of aliphatic carboxylic acids is 1. The van der Waals surface area contributed by atoms with Gasteiger partial charge in [0.05, 0.1) is 19.2 Å². The Morgan fingerprint density at radius 1 is 1.00 bits per heavy atom. The Balaban J connectivity index is 2.71. The van der Waals surface area contributed by atoms with Gasteiger partial charge in [0.1, 0.15) is 12.1 Å². The lowest BCUT2D eigenvalue weighted by molar-refractivity contribution is -0.142. The van der Waals surface area contributed by atoms with Crippen LogP contribution in [0.15, 0.2) is 35.3 Å². The van der Waals surface area contributed by atoms with E-state index in [4.69, 9.17) is 27.4 Å². The number of benzene rings is 1. The second kappa shape index (κ2) is 14.4. The van der Waals surface area contributed by atoms with E-state index in [0.717, 1.165) is 5.56 Å². The zero-order valence-corrected chi connectivity index (χ0v) is 18.1. The second-order valence-electron chi connectivity index (χ2n) is 7.16. The fourth-order valence-electron chi connectivity index (χ4n) is 2.73. The first-order valence-corrected chi connectivity index (χ1v) is 10.2. The number of carboxylic acid groups (broad SMARTS) is 1. The predicted octanol–water partition coefficient (Wildman–Crippen LogP) is -3.23. The highest BCUT2D eigenvalue weighted by Crippen LogP contribution is 2.04. The summed E-state index contributed by atoms with van der Waals surface area (Å²) < 4.78 is 0. The maximum Gasteiger partial charge on any atom is 0.328 e. The number of nitrogens with two attached hydrogens (primary N) is 3. The van der Waals surface area contributed by atoms with Crippen molar-refractivity contribution in [2.24, 2.45) is 22.2 Å². The van der Waals surface area contributed by atoms with Crippen molar-refractivity contribution in [3.8, 4) is 0 Å². The van der Waals surface area contributed by atoms with Gasteiger partial charge in [-0.3, -0.25) is 19.4 Å². The SMILES string of the molecule is NC(N)=NCCCC(NC(=O)C(N)Cc1ccccc1)C(=O)NCC(=O)NC(CO)C(=O)O. The van der Waals surface area contributed by atoms with Crippen molar-refractivity contribution in [2.75, 3.05) is 19.7 Å². The molecule has 0 saturated heterocycles. The summed E-state index contributed by atoms with van der Waals surface area (Å²) in [6.07, 6.45) is 0.763. The van der Waals surface area contributed by atoms with Gasteiger partial charge in [-0.15, -0.1) is 0 Å². The van der Waals surface area contributed by atoms with Gasteiger partial charge in [0.2, 0.25) is 17.7 Å². The molecular weight excluding hydrogens is 434 g/mol. The zero-order valence-electron chi connectivity index (χ0n) is 18.1. The highest BCUT2D eigenvalue weighted by Gasteiger charge is 2.25. The molecule has 11 N–H and O–H groups in total. The number of aliphatic hydroxyl groups excluding tert-OH is 1. The minimum atomic E-state index is -1.50. The van der Waals surface area contributed by atoms with Crippen LogP contribution in [0.25, 0.3) is 0 Å². The maximum atomic E-state index is 12.6. The molecule has 0 spiro atoms. The lowest BCUT2D eigenvalue weighted by Crippen LogP contribution is -2.54. The van der Waals surface area contributed by atoms with Gasteiger partial charge in [0.15, 0.2) is 5.96 Å². The lowest BCUT2D eigenvalue weighted by Gasteiger charge is -2.21. The second-order valence-corrected chi connectivity index (χ2v) is 7.16. The quantitative estimate of drug-likeness (QED) is 0.0782. The minimum Gasteiger partial charge on any atom is -0.480 e. The van der Waals surface area contributed by atoms with E-state index >= 15 is 0 Å². The Bertz CT molecular complexity index is 829. The van der Waals surface area contributed by atoms with E-state index in [0.29, 0.717) is 6.42 Å². The Hall–Kier alpha value is -3.71. The monoisotopic (exact) mass is 465 g/mol. The average Bonchev–Trinajstić information content (AvgIpc) is 2.77. The number of carbonyl (C=O) groups is 4. The molecule has 0 aliphatic rings. The van der Waals surface area contributed by atoms with Crippen LogP contribution in [0, 0.1) is 0 Å². The van der Waals surface area contributed by atoms with Crippen molar-refractivity contribution in [3.63, 3.8) is 0 Å². The molecular formula is C20H31N7O6. The standard InChI is InChI=1S/C20H31N7O6/c21-13(9-12-5-2-1-3-6-12)17(30)27-14(7-4-8-24-20(22)23)18(31)25-10-16(29)26-15(11-28)19(32)33/h1-3,5-6,13-15,28H,4,7-11,21H2,(H,25,31)(H,26,29)(H,27,30)(H,32,33)(H4,22,23,24).